The maximum absolute atomic E-state index is 12.7. The molecular formula is C20H16N2O5. The van der Waals surface area contributed by atoms with Crippen molar-refractivity contribution in [1.82, 2.24) is 9.63 Å². The van der Waals surface area contributed by atoms with Crippen molar-refractivity contribution in [3.63, 3.8) is 0 Å². The largest absolute Gasteiger partial charge is 0.383 e. The molecule has 2 amide bonds. The summed E-state index contributed by atoms with van der Waals surface area (Å²) in [6.07, 6.45) is 1.85. The van der Waals surface area contributed by atoms with Crippen LogP contribution in [0, 0.1) is 0 Å². The number of rotatable bonds is 5. The van der Waals surface area contributed by atoms with Gasteiger partial charge in [-0.15, -0.1) is 0 Å². The Morgan fingerprint density at radius 2 is 1.67 bits per heavy atom. The normalized spacial score (nSPS) is 13.3. The van der Waals surface area contributed by atoms with Crippen LogP contribution in [0.5, 0.6) is 0 Å². The summed E-state index contributed by atoms with van der Waals surface area (Å²) >= 11 is 0. The van der Waals surface area contributed by atoms with E-state index in [-0.39, 0.29) is 16.7 Å². The molecule has 136 valence electrons. The number of hydrogen-bond acceptors (Lipinski definition) is 5. The number of nitrogens with zero attached hydrogens (tertiary/aromatic N) is 2. The van der Waals surface area contributed by atoms with Gasteiger partial charge in [-0.2, -0.15) is 0 Å². The quantitative estimate of drug-likeness (QED) is 0.651. The number of amides is 2. The first-order valence-corrected chi connectivity index (χ1v) is 8.38. The molecule has 0 saturated heterocycles. The highest BCUT2D eigenvalue weighted by molar-refractivity contribution is 6.21. The molecule has 0 aliphatic carbocycles. The Balaban J connectivity index is 1.62. The fraction of sp³-hybridized carbons (Fsp3) is 0.150. The first-order chi connectivity index (χ1) is 13.1. The van der Waals surface area contributed by atoms with Crippen LogP contribution >= 0.6 is 0 Å². The fourth-order valence-corrected chi connectivity index (χ4v) is 3.17. The Morgan fingerprint density at radius 3 is 2.33 bits per heavy atom. The third-order valence-electron chi connectivity index (χ3n) is 4.50. The number of fused-ring (bicyclic) bond motifs is 2. The summed E-state index contributed by atoms with van der Waals surface area (Å²) in [5, 5.41) is 1.20. The van der Waals surface area contributed by atoms with E-state index in [2.05, 4.69) is 0 Å². The standard InChI is InChI=1S/C20H16N2O5/c1-26-12-11-21-10-9-13-16(7-4-8-17(13)21)20(25)27-22-18(23)14-5-2-3-6-15(14)19(22)24/h2-10H,11-12H2,1H3. The van der Waals surface area contributed by atoms with Crippen LogP contribution in [0.25, 0.3) is 10.9 Å². The zero-order valence-corrected chi connectivity index (χ0v) is 14.5. The van der Waals surface area contributed by atoms with Crippen LogP contribution in [-0.4, -0.2) is 41.1 Å². The van der Waals surface area contributed by atoms with E-state index in [0.717, 1.165) is 5.52 Å². The van der Waals surface area contributed by atoms with Crippen LogP contribution in [-0.2, 0) is 16.1 Å². The molecule has 1 aliphatic heterocycles. The van der Waals surface area contributed by atoms with E-state index in [1.54, 1.807) is 37.4 Å². The molecule has 2 aromatic carbocycles. The van der Waals surface area contributed by atoms with Crippen LogP contribution in [0.3, 0.4) is 0 Å². The Morgan fingerprint density at radius 1 is 0.963 bits per heavy atom. The van der Waals surface area contributed by atoms with Gasteiger partial charge in [0.15, 0.2) is 0 Å². The number of hydroxylamine groups is 2. The number of benzene rings is 2. The molecule has 1 aromatic heterocycles. The zero-order valence-electron chi connectivity index (χ0n) is 14.5. The highest BCUT2D eigenvalue weighted by atomic mass is 16.7. The maximum Gasteiger partial charge on any atom is 0.364 e. The predicted molar refractivity (Wildman–Crippen MR) is 96.2 cm³/mol. The summed E-state index contributed by atoms with van der Waals surface area (Å²) in [6, 6.07) is 13.4. The monoisotopic (exact) mass is 364 g/mol. The molecule has 2 heterocycles. The Bertz CT molecular complexity index is 1030. The van der Waals surface area contributed by atoms with Crippen LogP contribution in [0.2, 0.25) is 0 Å². The molecule has 27 heavy (non-hydrogen) atoms. The van der Waals surface area contributed by atoms with Crippen molar-refractivity contribution >= 4 is 28.7 Å². The third-order valence-corrected chi connectivity index (χ3v) is 4.50. The minimum atomic E-state index is -0.764. The smallest absolute Gasteiger partial charge is 0.364 e. The molecule has 0 saturated carbocycles. The highest BCUT2D eigenvalue weighted by Crippen LogP contribution is 2.25. The van der Waals surface area contributed by atoms with Crippen molar-refractivity contribution in [1.29, 1.82) is 0 Å². The lowest BCUT2D eigenvalue weighted by Crippen LogP contribution is -2.32. The molecule has 0 atom stereocenters. The number of imide groups is 1. The molecule has 4 rings (SSSR count). The lowest BCUT2D eigenvalue weighted by molar-refractivity contribution is -0.0583. The maximum atomic E-state index is 12.7. The fourth-order valence-electron chi connectivity index (χ4n) is 3.17. The topological polar surface area (TPSA) is 77.8 Å². The third kappa shape index (κ3) is 2.78. The summed E-state index contributed by atoms with van der Waals surface area (Å²) in [6.45, 7) is 1.17. The van der Waals surface area contributed by atoms with Crippen molar-refractivity contribution in [2.45, 2.75) is 6.54 Å². The Labute approximate surface area is 154 Å². The lowest BCUT2D eigenvalue weighted by Gasteiger charge is -2.13. The lowest BCUT2D eigenvalue weighted by atomic mass is 10.1. The number of carbonyl (C=O) groups is 3. The van der Waals surface area contributed by atoms with Gasteiger partial charge in [0.05, 0.1) is 23.3 Å². The van der Waals surface area contributed by atoms with Crippen LogP contribution < -0.4 is 0 Å². The van der Waals surface area contributed by atoms with Gasteiger partial charge in [0, 0.05) is 30.8 Å². The molecular weight excluding hydrogens is 348 g/mol. The average molecular weight is 364 g/mol. The minimum Gasteiger partial charge on any atom is -0.383 e. The van der Waals surface area contributed by atoms with E-state index >= 15 is 0 Å². The van der Waals surface area contributed by atoms with E-state index in [1.807, 2.05) is 16.8 Å². The van der Waals surface area contributed by atoms with Gasteiger partial charge >= 0.3 is 5.97 Å². The minimum absolute atomic E-state index is 0.222. The summed E-state index contributed by atoms with van der Waals surface area (Å²) < 4.78 is 7.05. The van der Waals surface area contributed by atoms with Gasteiger partial charge in [-0.25, -0.2) is 4.79 Å². The Kier molecular flexibility index (Phi) is 4.21. The van der Waals surface area contributed by atoms with E-state index in [9.17, 15) is 14.4 Å². The second-order valence-corrected chi connectivity index (χ2v) is 6.07. The predicted octanol–water partition coefficient (Wildman–Crippen LogP) is 2.66. The van der Waals surface area contributed by atoms with Crippen LogP contribution in [0.4, 0.5) is 0 Å². The first-order valence-electron chi connectivity index (χ1n) is 8.38. The number of ether oxygens (including phenoxy) is 1. The molecule has 0 fully saturated rings. The van der Waals surface area contributed by atoms with Gasteiger partial charge in [0.1, 0.15) is 0 Å². The summed E-state index contributed by atoms with van der Waals surface area (Å²) in [5.74, 6) is -2.05. The number of carbonyl (C=O) groups excluding carboxylic acids is 3. The molecule has 7 nitrogen and oxygen atoms in total. The van der Waals surface area contributed by atoms with E-state index in [1.165, 1.54) is 12.1 Å². The SMILES string of the molecule is COCCn1ccc2c(C(=O)ON3C(=O)c4ccccc4C3=O)cccc21. The van der Waals surface area contributed by atoms with Gasteiger partial charge in [0.25, 0.3) is 11.8 Å². The molecule has 1 aliphatic rings. The second kappa shape index (κ2) is 6.69. The van der Waals surface area contributed by atoms with Crippen molar-refractivity contribution in [3.8, 4) is 0 Å². The molecule has 3 aromatic rings. The molecule has 0 N–H and O–H groups in total. The van der Waals surface area contributed by atoms with E-state index in [0.29, 0.717) is 23.6 Å². The summed E-state index contributed by atoms with van der Waals surface area (Å²) in [4.78, 5) is 42.6. The molecule has 7 heteroatoms. The Hall–Kier alpha value is -3.45. The van der Waals surface area contributed by atoms with E-state index < -0.39 is 17.8 Å². The number of hydrogen-bond donors (Lipinski definition) is 0. The van der Waals surface area contributed by atoms with Crippen LogP contribution in [0.1, 0.15) is 31.1 Å². The van der Waals surface area contributed by atoms with Gasteiger partial charge in [-0.05, 0) is 30.3 Å². The number of methoxy groups -OCH3 is 1. The summed E-state index contributed by atoms with van der Waals surface area (Å²) in [7, 11) is 1.62. The molecule has 0 spiro atoms. The first kappa shape index (κ1) is 17.0. The van der Waals surface area contributed by atoms with Crippen molar-refractivity contribution < 1.29 is 24.0 Å². The van der Waals surface area contributed by atoms with Gasteiger partial charge < -0.3 is 14.1 Å². The second-order valence-electron chi connectivity index (χ2n) is 6.07. The van der Waals surface area contributed by atoms with Crippen molar-refractivity contribution in [2.24, 2.45) is 0 Å². The zero-order chi connectivity index (χ0) is 19.0. The van der Waals surface area contributed by atoms with Crippen molar-refractivity contribution in [2.75, 3.05) is 13.7 Å². The van der Waals surface area contributed by atoms with Gasteiger partial charge in [-0.1, -0.05) is 23.3 Å². The number of aromatic nitrogens is 1. The van der Waals surface area contributed by atoms with Gasteiger partial charge in [0.2, 0.25) is 0 Å². The van der Waals surface area contributed by atoms with Gasteiger partial charge in [-0.3, -0.25) is 9.59 Å². The summed E-state index contributed by atoms with van der Waals surface area (Å²) in [5.41, 5.74) is 1.56. The van der Waals surface area contributed by atoms with Crippen molar-refractivity contribution in [3.05, 3.63) is 71.4 Å². The molecule has 0 unspecified atom stereocenters. The highest BCUT2D eigenvalue weighted by Gasteiger charge is 2.39. The van der Waals surface area contributed by atoms with Crippen LogP contribution in [0.15, 0.2) is 54.7 Å². The molecule has 0 bridgehead atoms. The average Bonchev–Trinajstić information content (AvgIpc) is 3.21. The van der Waals surface area contributed by atoms with E-state index in [4.69, 9.17) is 9.57 Å². The molecule has 0 radical (unpaired) electrons.